The second kappa shape index (κ2) is 6.28. The fraction of sp³-hybridized carbons (Fsp3) is 0.667. The molecule has 2 aliphatic rings. The maximum atomic E-state index is 3.47. The molecule has 0 aromatic heterocycles. The molecule has 1 unspecified atom stereocenters. The Bertz CT molecular complexity index is 447. The standard InChI is InChI=1S/C18H28N2/c1-14(2)18(20-11-9-19-10-12-20)17-8-7-15-5-3-4-6-16(15)13-17/h7-8,13-14,18-19H,3-6,9-12H2,1-2H3. The van der Waals surface area contributed by atoms with Gasteiger partial charge in [0.25, 0.3) is 0 Å². The minimum atomic E-state index is 0.587. The Morgan fingerprint density at radius 2 is 1.70 bits per heavy atom. The van der Waals surface area contributed by atoms with E-state index in [9.17, 15) is 0 Å². The zero-order valence-corrected chi connectivity index (χ0v) is 13.0. The third-order valence-electron chi connectivity index (χ3n) is 4.89. The smallest absolute Gasteiger partial charge is 0.0372 e. The maximum Gasteiger partial charge on any atom is 0.0372 e. The molecule has 0 amide bonds. The van der Waals surface area contributed by atoms with Crippen molar-refractivity contribution in [1.82, 2.24) is 10.2 Å². The van der Waals surface area contributed by atoms with Gasteiger partial charge in [0.15, 0.2) is 0 Å². The van der Waals surface area contributed by atoms with Crippen molar-refractivity contribution >= 4 is 0 Å². The number of nitrogens with zero attached hydrogens (tertiary/aromatic N) is 1. The zero-order valence-electron chi connectivity index (χ0n) is 13.0. The van der Waals surface area contributed by atoms with Crippen LogP contribution in [-0.2, 0) is 12.8 Å². The predicted molar refractivity (Wildman–Crippen MR) is 85.1 cm³/mol. The molecule has 1 aromatic carbocycles. The first-order chi connectivity index (χ1) is 9.75. The Labute approximate surface area is 123 Å². The van der Waals surface area contributed by atoms with E-state index in [4.69, 9.17) is 0 Å². The summed E-state index contributed by atoms with van der Waals surface area (Å²) in [5, 5.41) is 3.47. The Balaban J connectivity index is 1.86. The molecule has 1 aliphatic carbocycles. The predicted octanol–water partition coefficient (Wildman–Crippen LogP) is 3.17. The summed E-state index contributed by atoms with van der Waals surface area (Å²) in [6.45, 7) is 9.36. The second-order valence-corrected chi connectivity index (χ2v) is 6.71. The minimum Gasteiger partial charge on any atom is -0.314 e. The van der Waals surface area contributed by atoms with Gasteiger partial charge in [0.2, 0.25) is 0 Å². The van der Waals surface area contributed by atoms with Crippen LogP contribution in [-0.4, -0.2) is 31.1 Å². The van der Waals surface area contributed by atoms with Gasteiger partial charge in [-0.05, 0) is 48.3 Å². The molecular weight excluding hydrogens is 244 g/mol. The number of aryl methyl sites for hydroxylation is 2. The van der Waals surface area contributed by atoms with Gasteiger partial charge in [-0.15, -0.1) is 0 Å². The SMILES string of the molecule is CC(C)C(c1ccc2c(c1)CCCC2)N1CCNCC1. The molecule has 0 radical (unpaired) electrons. The fourth-order valence-corrected chi connectivity index (χ4v) is 3.91. The van der Waals surface area contributed by atoms with E-state index in [1.54, 1.807) is 16.7 Å². The minimum absolute atomic E-state index is 0.587. The lowest BCUT2D eigenvalue weighted by Gasteiger charge is -2.38. The highest BCUT2D eigenvalue weighted by Crippen LogP contribution is 2.32. The first-order valence-corrected chi connectivity index (χ1v) is 8.32. The first-order valence-electron chi connectivity index (χ1n) is 8.32. The van der Waals surface area contributed by atoms with Gasteiger partial charge in [-0.3, -0.25) is 4.90 Å². The van der Waals surface area contributed by atoms with Gasteiger partial charge < -0.3 is 5.32 Å². The molecule has 0 bridgehead atoms. The van der Waals surface area contributed by atoms with Gasteiger partial charge in [-0.1, -0.05) is 32.0 Å². The highest BCUT2D eigenvalue weighted by Gasteiger charge is 2.25. The molecule has 0 saturated carbocycles. The van der Waals surface area contributed by atoms with Crippen molar-refractivity contribution in [2.75, 3.05) is 26.2 Å². The van der Waals surface area contributed by atoms with Crippen LogP contribution in [0, 0.1) is 5.92 Å². The lowest BCUT2D eigenvalue weighted by Crippen LogP contribution is -2.46. The second-order valence-electron chi connectivity index (χ2n) is 6.71. The summed E-state index contributed by atoms with van der Waals surface area (Å²) in [5.74, 6) is 0.676. The van der Waals surface area contributed by atoms with Crippen LogP contribution in [0.25, 0.3) is 0 Å². The summed E-state index contributed by atoms with van der Waals surface area (Å²) in [5.41, 5.74) is 4.76. The molecule has 1 atom stereocenters. The van der Waals surface area contributed by atoms with Gasteiger partial charge in [-0.2, -0.15) is 0 Å². The molecular formula is C18H28N2. The van der Waals surface area contributed by atoms with Crippen molar-refractivity contribution in [2.24, 2.45) is 5.92 Å². The molecule has 2 nitrogen and oxygen atoms in total. The largest absolute Gasteiger partial charge is 0.314 e. The van der Waals surface area contributed by atoms with Crippen molar-refractivity contribution < 1.29 is 0 Å². The number of nitrogens with one attached hydrogen (secondary N) is 1. The van der Waals surface area contributed by atoms with Crippen LogP contribution >= 0.6 is 0 Å². The van der Waals surface area contributed by atoms with Crippen LogP contribution in [0.15, 0.2) is 18.2 Å². The number of rotatable bonds is 3. The molecule has 1 aliphatic heterocycles. The Morgan fingerprint density at radius 3 is 2.40 bits per heavy atom. The molecule has 3 rings (SSSR count). The highest BCUT2D eigenvalue weighted by atomic mass is 15.2. The van der Waals surface area contributed by atoms with Crippen molar-refractivity contribution in [3.05, 3.63) is 34.9 Å². The van der Waals surface area contributed by atoms with E-state index in [1.807, 2.05) is 0 Å². The van der Waals surface area contributed by atoms with Crippen LogP contribution in [0.5, 0.6) is 0 Å². The Kier molecular flexibility index (Phi) is 4.42. The van der Waals surface area contributed by atoms with E-state index in [1.165, 1.54) is 38.8 Å². The average molecular weight is 272 g/mol. The summed E-state index contributed by atoms with van der Waals surface area (Å²) in [6.07, 6.45) is 5.32. The average Bonchev–Trinajstić information content (AvgIpc) is 2.48. The highest BCUT2D eigenvalue weighted by molar-refractivity contribution is 5.35. The number of hydrogen-bond donors (Lipinski definition) is 1. The topological polar surface area (TPSA) is 15.3 Å². The number of benzene rings is 1. The number of fused-ring (bicyclic) bond motifs is 1. The van der Waals surface area contributed by atoms with Crippen LogP contribution in [0.3, 0.4) is 0 Å². The summed E-state index contributed by atoms with van der Waals surface area (Å²) in [4.78, 5) is 2.67. The van der Waals surface area contributed by atoms with E-state index in [0.29, 0.717) is 12.0 Å². The monoisotopic (exact) mass is 272 g/mol. The molecule has 1 aromatic rings. The quantitative estimate of drug-likeness (QED) is 0.909. The van der Waals surface area contributed by atoms with Crippen molar-refractivity contribution in [3.63, 3.8) is 0 Å². The van der Waals surface area contributed by atoms with Crippen molar-refractivity contribution in [1.29, 1.82) is 0 Å². The van der Waals surface area contributed by atoms with Gasteiger partial charge in [0.1, 0.15) is 0 Å². The van der Waals surface area contributed by atoms with Crippen LogP contribution < -0.4 is 5.32 Å². The van der Waals surface area contributed by atoms with Gasteiger partial charge in [0.05, 0.1) is 0 Å². The zero-order chi connectivity index (χ0) is 13.9. The molecule has 1 heterocycles. The summed E-state index contributed by atoms with van der Waals surface area (Å²) in [6, 6.07) is 7.91. The third-order valence-corrected chi connectivity index (χ3v) is 4.89. The Morgan fingerprint density at radius 1 is 1.00 bits per heavy atom. The number of hydrogen-bond acceptors (Lipinski definition) is 2. The summed E-state index contributed by atoms with van der Waals surface area (Å²) in [7, 11) is 0. The molecule has 1 N–H and O–H groups in total. The van der Waals surface area contributed by atoms with Gasteiger partial charge in [-0.25, -0.2) is 0 Å². The van der Waals surface area contributed by atoms with Crippen LogP contribution in [0.4, 0.5) is 0 Å². The van der Waals surface area contributed by atoms with E-state index in [-0.39, 0.29) is 0 Å². The third kappa shape index (κ3) is 2.91. The van der Waals surface area contributed by atoms with Gasteiger partial charge >= 0.3 is 0 Å². The van der Waals surface area contributed by atoms with E-state index < -0.39 is 0 Å². The lowest BCUT2D eigenvalue weighted by atomic mass is 9.86. The molecule has 1 fully saturated rings. The molecule has 20 heavy (non-hydrogen) atoms. The summed E-state index contributed by atoms with van der Waals surface area (Å²) >= 11 is 0. The first kappa shape index (κ1) is 14.1. The van der Waals surface area contributed by atoms with E-state index in [2.05, 4.69) is 42.3 Å². The van der Waals surface area contributed by atoms with Crippen molar-refractivity contribution in [2.45, 2.75) is 45.6 Å². The maximum absolute atomic E-state index is 3.47. The fourth-order valence-electron chi connectivity index (χ4n) is 3.91. The van der Waals surface area contributed by atoms with Crippen LogP contribution in [0.1, 0.15) is 49.4 Å². The van der Waals surface area contributed by atoms with E-state index >= 15 is 0 Å². The van der Waals surface area contributed by atoms with Gasteiger partial charge in [0, 0.05) is 32.2 Å². The molecule has 1 saturated heterocycles. The van der Waals surface area contributed by atoms with E-state index in [0.717, 1.165) is 13.1 Å². The molecule has 0 spiro atoms. The number of piperazine rings is 1. The Hall–Kier alpha value is -0.860. The lowest BCUT2D eigenvalue weighted by molar-refractivity contribution is 0.137. The molecule has 110 valence electrons. The van der Waals surface area contributed by atoms with Crippen LogP contribution in [0.2, 0.25) is 0 Å². The summed E-state index contributed by atoms with van der Waals surface area (Å²) < 4.78 is 0. The normalized spacial score (nSPS) is 21.8. The van der Waals surface area contributed by atoms with Crippen molar-refractivity contribution in [3.8, 4) is 0 Å². The molecule has 2 heteroatoms.